The van der Waals surface area contributed by atoms with Crippen molar-refractivity contribution in [3.05, 3.63) is 59.6 Å². The zero-order valence-electron chi connectivity index (χ0n) is 22.4. The second-order valence-electron chi connectivity index (χ2n) is 8.20. The summed E-state index contributed by atoms with van der Waals surface area (Å²) in [6.45, 7) is 4.06. The van der Waals surface area contributed by atoms with Crippen molar-refractivity contribution in [3.63, 3.8) is 0 Å². The second kappa shape index (κ2) is 10.9. The van der Waals surface area contributed by atoms with Crippen LogP contribution in [0.2, 0.25) is 0 Å². The Bertz CT molecular complexity index is 1200. The van der Waals surface area contributed by atoms with Crippen LogP contribution >= 0.6 is 0 Å². The smallest absolute Gasteiger partial charge is 0.271 e. The van der Waals surface area contributed by atoms with Gasteiger partial charge >= 0.3 is 0 Å². The molecule has 1 saturated carbocycles. The van der Waals surface area contributed by atoms with E-state index in [1.807, 2.05) is 31.2 Å². The molecule has 1 aliphatic rings. The van der Waals surface area contributed by atoms with Gasteiger partial charge in [-0.25, -0.2) is 9.97 Å². The highest BCUT2D eigenvalue weighted by Gasteiger charge is 2.30. The van der Waals surface area contributed by atoms with Crippen LogP contribution in [0.1, 0.15) is 64.2 Å². The number of likely N-dealkylation sites (N-methyl/N-ethyl adjacent to an activating group) is 1. The van der Waals surface area contributed by atoms with Crippen molar-refractivity contribution in [2.45, 2.75) is 51.5 Å². The Morgan fingerprint density at radius 2 is 2.12 bits per heavy atom. The molecule has 1 aromatic heterocycles. The van der Waals surface area contributed by atoms with Gasteiger partial charge in [0, 0.05) is 29.2 Å². The molecule has 9 nitrogen and oxygen atoms in total. The minimum Gasteiger partial charge on any atom is -0.364 e. The standard InChI is InChI=1S/C25H32N6O3/c1-5-19-21(17-10-11-17)30-24(22(29-19)23(26)33)28-18-9-7-8-16(14-18)12-13-27-25(34)15(3)31(4)20(32)6-2/h6-9,14-15,17H,2,5,10-13H2,1,3-4H3,(H2,26,33)(H,27,34)(H,28,30)/t15-/m0/s1/i4D3. The topological polar surface area (TPSA) is 130 Å². The number of amides is 3. The van der Waals surface area contributed by atoms with E-state index in [4.69, 9.17) is 14.8 Å². The molecule has 0 saturated heterocycles. The molecule has 0 radical (unpaired) electrons. The van der Waals surface area contributed by atoms with Crippen LogP contribution in [0.5, 0.6) is 0 Å². The van der Waals surface area contributed by atoms with Gasteiger partial charge in [-0.05, 0) is 56.4 Å². The third-order valence-electron chi connectivity index (χ3n) is 5.61. The first-order valence-corrected chi connectivity index (χ1v) is 11.3. The summed E-state index contributed by atoms with van der Waals surface area (Å²) in [6, 6.07) is 6.15. The van der Waals surface area contributed by atoms with Crippen LogP contribution in [-0.2, 0) is 22.4 Å². The molecule has 0 unspecified atom stereocenters. The molecule has 4 N–H and O–H groups in total. The molecule has 3 rings (SSSR count). The van der Waals surface area contributed by atoms with Crippen molar-refractivity contribution in [2.75, 3.05) is 18.8 Å². The summed E-state index contributed by atoms with van der Waals surface area (Å²) in [6.07, 6.45) is 4.05. The van der Waals surface area contributed by atoms with Crippen molar-refractivity contribution >= 4 is 29.2 Å². The van der Waals surface area contributed by atoms with Gasteiger partial charge in [0.1, 0.15) is 6.04 Å². The third-order valence-corrected chi connectivity index (χ3v) is 5.61. The number of anilines is 2. The minimum atomic E-state index is -2.77. The molecular formula is C25H32N6O3. The van der Waals surface area contributed by atoms with Crippen molar-refractivity contribution < 1.29 is 18.5 Å². The number of aryl methyl sites for hydroxylation is 1. The number of rotatable bonds is 11. The van der Waals surface area contributed by atoms with E-state index < -0.39 is 30.7 Å². The number of benzene rings is 1. The van der Waals surface area contributed by atoms with Crippen molar-refractivity contribution in [2.24, 2.45) is 5.73 Å². The molecule has 0 aliphatic heterocycles. The first-order valence-electron chi connectivity index (χ1n) is 12.8. The lowest BCUT2D eigenvalue weighted by atomic mass is 10.1. The summed E-state index contributed by atoms with van der Waals surface area (Å²) < 4.78 is 22.6. The van der Waals surface area contributed by atoms with Gasteiger partial charge in [-0.15, -0.1) is 0 Å². The van der Waals surface area contributed by atoms with E-state index in [0.717, 1.165) is 35.9 Å². The van der Waals surface area contributed by atoms with Crippen LogP contribution in [0.4, 0.5) is 11.5 Å². The number of nitrogens with zero attached hydrogens (tertiary/aromatic N) is 3. The molecule has 1 fully saturated rings. The van der Waals surface area contributed by atoms with Gasteiger partial charge in [0.05, 0.1) is 11.4 Å². The van der Waals surface area contributed by atoms with Crippen molar-refractivity contribution in [3.8, 4) is 0 Å². The Morgan fingerprint density at radius 1 is 1.35 bits per heavy atom. The van der Waals surface area contributed by atoms with Gasteiger partial charge in [0.25, 0.3) is 5.91 Å². The molecule has 180 valence electrons. The molecular weight excluding hydrogens is 432 g/mol. The van der Waals surface area contributed by atoms with E-state index in [1.54, 1.807) is 0 Å². The van der Waals surface area contributed by atoms with Crippen LogP contribution in [0.25, 0.3) is 0 Å². The predicted molar refractivity (Wildman–Crippen MR) is 131 cm³/mol. The lowest BCUT2D eigenvalue weighted by Gasteiger charge is -2.22. The average molecular weight is 468 g/mol. The van der Waals surface area contributed by atoms with E-state index in [9.17, 15) is 14.4 Å². The Hall–Kier alpha value is -3.75. The number of nitrogens with two attached hydrogens (primary N) is 1. The average Bonchev–Trinajstić information content (AvgIpc) is 3.68. The van der Waals surface area contributed by atoms with Crippen LogP contribution < -0.4 is 16.4 Å². The summed E-state index contributed by atoms with van der Waals surface area (Å²) >= 11 is 0. The Kier molecular flexibility index (Phi) is 6.69. The van der Waals surface area contributed by atoms with E-state index in [2.05, 4.69) is 22.2 Å². The normalized spacial score (nSPS) is 15.3. The van der Waals surface area contributed by atoms with Crippen LogP contribution in [-0.4, -0.2) is 52.2 Å². The Labute approximate surface area is 204 Å². The molecule has 1 aromatic carbocycles. The Balaban J connectivity index is 1.68. The molecule has 34 heavy (non-hydrogen) atoms. The summed E-state index contributed by atoms with van der Waals surface area (Å²) in [4.78, 5) is 46.3. The fraction of sp³-hybridized carbons (Fsp3) is 0.400. The highest BCUT2D eigenvalue weighted by Crippen LogP contribution is 2.41. The molecule has 9 heteroatoms. The summed E-state index contributed by atoms with van der Waals surface area (Å²) in [7, 11) is 0. The largest absolute Gasteiger partial charge is 0.364 e. The number of carbonyl (C=O) groups excluding carboxylic acids is 3. The molecule has 1 aliphatic carbocycles. The summed E-state index contributed by atoms with van der Waals surface area (Å²) in [5, 5.41) is 5.83. The molecule has 1 heterocycles. The summed E-state index contributed by atoms with van der Waals surface area (Å²) in [5.41, 5.74) is 8.87. The quantitative estimate of drug-likeness (QED) is 0.435. The van der Waals surface area contributed by atoms with Crippen LogP contribution in [0.3, 0.4) is 0 Å². The first kappa shape index (κ1) is 20.8. The van der Waals surface area contributed by atoms with Crippen LogP contribution in [0, 0.1) is 0 Å². The van der Waals surface area contributed by atoms with E-state index in [0.29, 0.717) is 35.2 Å². The predicted octanol–water partition coefficient (Wildman–Crippen LogP) is 2.45. The lowest BCUT2D eigenvalue weighted by Crippen LogP contribution is -2.45. The maximum Gasteiger partial charge on any atom is 0.271 e. The van der Waals surface area contributed by atoms with E-state index >= 15 is 0 Å². The van der Waals surface area contributed by atoms with Crippen molar-refractivity contribution in [1.82, 2.24) is 20.2 Å². The highest BCUT2D eigenvalue weighted by molar-refractivity contribution is 5.96. The maximum absolute atomic E-state index is 12.5. The van der Waals surface area contributed by atoms with Gasteiger partial charge in [-0.3, -0.25) is 14.4 Å². The number of hydrogen-bond acceptors (Lipinski definition) is 6. The van der Waals surface area contributed by atoms with Crippen LogP contribution in [0.15, 0.2) is 36.9 Å². The lowest BCUT2D eigenvalue weighted by molar-refractivity contribution is -0.135. The number of nitrogens with one attached hydrogen (secondary N) is 2. The minimum absolute atomic E-state index is 0.0841. The molecule has 2 aromatic rings. The molecule has 0 spiro atoms. The van der Waals surface area contributed by atoms with E-state index in [-0.39, 0.29) is 12.2 Å². The highest BCUT2D eigenvalue weighted by atomic mass is 16.2. The monoisotopic (exact) mass is 467 g/mol. The van der Waals surface area contributed by atoms with E-state index in [1.165, 1.54) is 6.92 Å². The fourth-order valence-electron chi connectivity index (χ4n) is 3.51. The first-order chi connectivity index (χ1) is 17.5. The number of carbonyl (C=O) groups is 3. The summed E-state index contributed by atoms with van der Waals surface area (Å²) in [5.74, 6) is -1.45. The second-order valence-corrected chi connectivity index (χ2v) is 8.20. The molecule has 0 bridgehead atoms. The fourth-order valence-corrected chi connectivity index (χ4v) is 3.51. The number of primary amides is 1. The van der Waals surface area contributed by atoms with Crippen molar-refractivity contribution in [1.29, 1.82) is 0 Å². The van der Waals surface area contributed by atoms with Gasteiger partial charge in [0.15, 0.2) is 11.5 Å². The number of aromatic nitrogens is 2. The van der Waals surface area contributed by atoms with Gasteiger partial charge < -0.3 is 21.3 Å². The SMILES string of the molecule is [2H]C([2H])([2H])N(C(=O)C=C)[C@@H](C)C(=O)NCCc1cccc(Nc2nc(C3CC3)c(CC)nc2C(N)=O)c1. The third kappa shape index (κ3) is 5.98. The Morgan fingerprint density at radius 3 is 2.74 bits per heavy atom. The molecule has 1 atom stereocenters. The van der Waals surface area contributed by atoms with Gasteiger partial charge in [-0.1, -0.05) is 25.6 Å². The zero-order valence-corrected chi connectivity index (χ0v) is 19.4. The zero-order chi connectivity index (χ0) is 27.3. The number of hydrogen-bond donors (Lipinski definition) is 3. The molecule has 3 amide bonds. The van der Waals surface area contributed by atoms with Gasteiger partial charge in [-0.2, -0.15) is 0 Å². The maximum atomic E-state index is 12.5. The van der Waals surface area contributed by atoms with Gasteiger partial charge in [0.2, 0.25) is 11.8 Å².